The van der Waals surface area contributed by atoms with Crippen LogP contribution in [0.1, 0.15) is 31.3 Å². The monoisotopic (exact) mass is 180 g/mol. The lowest BCUT2D eigenvalue weighted by Gasteiger charge is -1.92. The molecule has 0 fully saturated rings. The average molecular weight is 180 g/mol. The maximum absolute atomic E-state index is 8.55. The molecule has 0 atom stereocenters. The zero-order chi connectivity index (χ0) is 9.52. The first-order valence-corrected chi connectivity index (χ1v) is 4.73. The van der Waals surface area contributed by atoms with Crippen molar-refractivity contribution in [1.29, 1.82) is 0 Å². The van der Waals surface area contributed by atoms with Gasteiger partial charge < -0.3 is 9.52 Å². The van der Waals surface area contributed by atoms with Gasteiger partial charge in [-0.3, -0.25) is 0 Å². The molecule has 1 aromatic heterocycles. The summed E-state index contributed by atoms with van der Waals surface area (Å²) >= 11 is 0. The van der Waals surface area contributed by atoms with Gasteiger partial charge in [0, 0.05) is 6.42 Å². The topological polar surface area (TPSA) is 33.4 Å². The van der Waals surface area contributed by atoms with Crippen molar-refractivity contribution in [2.24, 2.45) is 0 Å². The Morgan fingerprint density at radius 3 is 3.00 bits per heavy atom. The van der Waals surface area contributed by atoms with E-state index in [0.29, 0.717) is 0 Å². The quantitative estimate of drug-likeness (QED) is 0.755. The summed E-state index contributed by atoms with van der Waals surface area (Å²) in [5.74, 6) is 1.85. The second-order valence-corrected chi connectivity index (χ2v) is 2.99. The SMILES string of the molecule is CCCCc1ccc(/C=C/CO)o1. The predicted octanol–water partition coefficient (Wildman–Crippen LogP) is 2.63. The summed E-state index contributed by atoms with van der Waals surface area (Å²) in [7, 11) is 0. The van der Waals surface area contributed by atoms with Crippen molar-refractivity contribution in [2.75, 3.05) is 6.61 Å². The highest BCUT2D eigenvalue weighted by Crippen LogP contribution is 2.11. The molecule has 0 amide bonds. The smallest absolute Gasteiger partial charge is 0.126 e. The molecule has 0 radical (unpaired) electrons. The van der Waals surface area contributed by atoms with E-state index < -0.39 is 0 Å². The van der Waals surface area contributed by atoms with Crippen LogP contribution in [0.2, 0.25) is 0 Å². The van der Waals surface area contributed by atoms with Crippen molar-refractivity contribution in [3.05, 3.63) is 29.7 Å². The number of hydrogen-bond donors (Lipinski definition) is 1. The summed E-state index contributed by atoms with van der Waals surface area (Å²) in [5.41, 5.74) is 0. The Kier molecular flexibility index (Phi) is 4.33. The van der Waals surface area contributed by atoms with E-state index in [0.717, 1.165) is 24.4 Å². The van der Waals surface area contributed by atoms with Gasteiger partial charge in [-0.1, -0.05) is 19.4 Å². The first-order chi connectivity index (χ1) is 6.36. The molecule has 1 rings (SSSR count). The third-order valence-electron chi connectivity index (χ3n) is 1.85. The van der Waals surface area contributed by atoms with Crippen LogP contribution in [0.4, 0.5) is 0 Å². The van der Waals surface area contributed by atoms with Gasteiger partial charge in [0.1, 0.15) is 11.5 Å². The molecule has 72 valence electrons. The predicted molar refractivity (Wildman–Crippen MR) is 53.4 cm³/mol. The Morgan fingerprint density at radius 1 is 1.46 bits per heavy atom. The number of aliphatic hydroxyl groups is 1. The molecule has 0 saturated heterocycles. The summed E-state index contributed by atoms with van der Waals surface area (Å²) in [6.07, 6.45) is 6.81. The van der Waals surface area contributed by atoms with Gasteiger partial charge in [-0.25, -0.2) is 0 Å². The molecule has 0 aliphatic carbocycles. The molecular formula is C11H16O2. The highest BCUT2D eigenvalue weighted by molar-refractivity contribution is 5.42. The lowest BCUT2D eigenvalue weighted by Crippen LogP contribution is -1.78. The molecule has 0 aliphatic heterocycles. The number of rotatable bonds is 5. The van der Waals surface area contributed by atoms with Crippen LogP contribution in [0.5, 0.6) is 0 Å². The maximum atomic E-state index is 8.55. The Labute approximate surface area is 78.9 Å². The van der Waals surface area contributed by atoms with Gasteiger partial charge in [-0.05, 0) is 24.6 Å². The Hall–Kier alpha value is -1.02. The van der Waals surface area contributed by atoms with E-state index >= 15 is 0 Å². The van der Waals surface area contributed by atoms with E-state index in [1.165, 1.54) is 6.42 Å². The van der Waals surface area contributed by atoms with Gasteiger partial charge in [-0.15, -0.1) is 0 Å². The third-order valence-corrected chi connectivity index (χ3v) is 1.85. The minimum Gasteiger partial charge on any atom is -0.462 e. The molecule has 2 nitrogen and oxygen atoms in total. The molecule has 0 aliphatic rings. The molecule has 0 saturated carbocycles. The molecule has 2 heteroatoms. The highest BCUT2D eigenvalue weighted by atomic mass is 16.3. The van der Waals surface area contributed by atoms with E-state index in [-0.39, 0.29) is 6.61 Å². The van der Waals surface area contributed by atoms with Crippen molar-refractivity contribution in [3.63, 3.8) is 0 Å². The first kappa shape index (κ1) is 10.1. The van der Waals surface area contributed by atoms with Crippen molar-refractivity contribution in [1.82, 2.24) is 0 Å². The molecule has 0 spiro atoms. The van der Waals surface area contributed by atoms with Crippen molar-refractivity contribution < 1.29 is 9.52 Å². The van der Waals surface area contributed by atoms with Crippen molar-refractivity contribution >= 4 is 6.08 Å². The third kappa shape index (κ3) is 3.47. The van der Waals surface area contributed by atoms with Gasteiger partial charge in [0.25, 0.3) is 0 Å². The molecular weight excluding hydrogens is 164 g/mol. The summed E-state index contributed by atoms with van der Waals surface area (Å²) < 4.78 is 5.49. The van der Waals surface area contributed by atoms with E-state index in [9.17, 15) is 0 Å². The normalized spacial score (nSPS) is 11.2. The zero-order valence-corrected chi connectivity index (χ0v) is 7.99. The Bertz CT molecular complexity index is 261. The van der Waals surface area contributed by atoms with E-state index in [4.69, 9.17) is 9.52 Å². The van der Waals surface area contributed by atoms with E-state index in [2.05, 4.69) is 6.92 Å². The van der Waals surface area contributed by atoms with Crippen LogP contribution in [0.15, 0.2) is 22.6 Å². The summed E-state index contributed by atoms with van der Waals surface area (Å²) in [6, 6.07) is 3.92. The van der Waals surface area contributed by atoms with Crippen LogP contribution in [-0.2, 0) is 6.42 Å². The van der Waals surface area contributed by atoms with Gasteiger partial charge in [0.2, 0.25) is 0 Å². The van der Waals surface area contributed by atoms with Crippen LogP contribution in [-0.4, -0.2) is 11.7 Å². The number of hydrogen-bond acceptors (Lipinski definition) is 2. The summed E-state index contributed by atoms with van der Waals surface area (Å²) in [6.45, 7) is 2.22. The molecule has 1 N–H and O–H groups in total. The molecule has 0 unspecified atom stereocenters. The molecule has 0 bridgehead atoms. The fourth-order valence-corrected chi connectivity index (χ4v) is 1.14. The summed E-state index contributed by atoms with van der Waals surface area (Å²) in [4.78, 5) is 0. The zero-order valence-electron chi connectivity index (χ0n) is 7.99. The standard InChI is InChI=1S/C11H16O2/c1-2-3-5-10-7-8-11(13-10)6-4-9-12/h4,6-8,12H,2-3,5,9H2,1H3/b6-4+. The number of aliphatic hydroxyl groups excluding tert-OH is 1. The average Bonchev–Trinajstić information content (AvgIpc) is 2.59. The van der Waals surface area contributed by atoms with Gasteiger partial charge in [-0.2, -0.15) is 0 Å². The van der Waals surface area contributed by atoms with Gasteiger partial charge >= 0.3 is 0 Å². The first-order valence-electron chi connectivity index (χ1n) is 4.73. The van der Waals surface area contributed by atoms with Crippen LogP contribution in [0.25, 0.3) is 6.08 Å². The lowest BCUT2D eigenvalue weighted by molar-refractivity contribution is 0.343. The van der Waals surface area contributed by atoms with Crippen LogP contribution >= 0.6 is 0 Å². The Morgan fingerprint density at radius 2 is 2.31 bits per heavy atom. The largest absolute Gasteiger partial charge is 0.462 e. The van der Waals surface area contributed by atoms with Crippen molar-refractivity contribution in [2.45, 2.75) is 26.2 Å². The fourth-order valence-electron chi connectivity index (χ4n) is 1.14. The molecule has 1 aromatic rings. The minimum atomic E-state index is 0.0605. The minimum absolute atomic E-state index is 0.0605. The van der Waals surface area contributed by atoms with Crippen LogP contribution in [0.3, 0.4) is 0 Å². The van der Waals surface area contributed by atoms with Gasteiger partial charge in [0.15, 0.2) is 0 Å². The summed E-state index contributed by atoms with van der Waals surface area (Å²) in [5, 5.41) is 8.55. The van der Waals surface area contributed by atoms with Crippen LogP contribution < -0.4 is 0 Å². The molecule has 13 heavy (non-hydrogen) atoms. The fraction of sp³-hybridized carbons (Fsp3) is 0.455. The van der Waals surface area contributed by atoms with E-state index in [1.54, 1.807) is 12.2 Å². The number of aryl methyl sites for hydroxylation is 1. The Balaban J connectivity index is 2.48. The number of unbranched alkanes of at least 4 members (excludes halogenated alkanes) is 1. The highest BCUT2D eigenvalue weighted by Gasteiger charge is 1.97. The second-order valence-electron chi connectivity index (χ2n) is 2.99. The van der Waals surface area contributed by atoms with Crippen LogP contribution in [0, 0.1) is 0 Å². The van der Waals surface area contributed by atoms with E-state index in [1.807, 2.05) is 12.1 Å². The molecule has 0 aromatic carbocycles. The van der Waals surface area contributed by atoms with Crippen molar-refractivity contribution in [3.8, 4) is 0 Å². The van der Waals surface area contributed by atoms with Gasteiger partial charge in [0.05, 0.1) is 6.61 Å². The molecule has 1 heterocycles. The number of furan rings is 1. The second kappa shape index (κ2) is 5.60. The lowest BCUT2D eigenvalue weighted by atomic mass is 10.2. The maximum Gasteiger partial charge on any atom is 0.126 e.